The first-order valence-electron chi connectivity index (χ1n) is 9.07. The maximum absolute atomic E-state index is 13.7. The Labute approximate surface area is 163 Å². The predicted octanol–water partition coefficient (Wildman–Crippen LogP) is 3.65. The average Bonchev–Trinajstić information content (AvgIpc) is 3.42. The molecule has 0 spiro atoms. The average molecular weight is 405 g/mol. The SMILES string of the molecule is CNC(=O)CNc1nnc(-c2cc(C)c3cc(C4CC4)cc(C(F)(F)F)c3n2)o1. The number of carbonyl (C=O) groups is 1. The molecule has 0 saturated heterocycles. The molecule has 0 atom stereocenters. The van der Waals surface area contributed by atoms with Crippen molar-refractivity contribution in [3.05, 3.63) is 34.9 Å². The van der Waals surface area contributed by atoms with Crippen molar-refractivity contribution in [2.45, 2.75) is 31.9 Å². The first-order chi connectivity index (χ1) is 13.8. The molecule has 152 valence electrons. The van der Waals surface area contributed by atoms with Crippen LogP contribution in [0.1, 0.15) is 35.4 Å². The van der Waals surface area contributed by atoms with E-state index in [1.54, 1.807) is 19.1 Å². The molecule has 1 aliphatic carbocycles. The molecule has 29 heavy (non-hydrogen) atoms. The van der Waals surface area contributed by atoms with Crippen LogP contribution in [0.5, 0.6) is 0 Å². The number of aryl methyl sites for hydroxylation is 1. The lowest BCUT2D eigenvalue weighted by atomic mass is 9.98. The van der Waals surface area contributed by atoms with E-state index in [9.17, 15) is 18.0 Å². The van der Waals surface area contributed by atoms with Crippen LogP contribution in [0.15, 0.2) is 22.6 Å². The van der Waals surface area contributed by atoms with Gasteiger partial charge in [0.15, 0.2) is 0 Å². The van der Waals surface area contributed by atoms with Gasteiger partial charge < -0.3 is 15.1 Å². The number of anilines is 1. The molecule has 1 saturated carbocycles. The van der Waals surface area contributed by atoms with Crippen molar-refractivity contribution in [2.75, 3.05) is 18.9 Å². The Hall–Kier alpha value is -3.17. The fourth-order valence-corrected chi connectivity index (χ4v) is 3.13. The van der Waals surface area contributed by atoms with Crippen LogP contribution in [0.3, 0.4) is 0 Å². The molecule has 0 aliphatic heterocycles. The predicted molar refractivity (Wildman–Crippen MR) is 99.3 cm³/mol. The van der Waals surface area contributed by atoms with Gasteiger partial charge in [-0.25, -0.2) is 4.98 Å². The van der Waals surface area contributed by atoms with Gasteiger partial charge in [-0.3, -0.25) is 4.79 Å². The highest BCUT2D eigenvalue weighted by Gasteiger charge is 2.36. The van der Waals surface area contributed by atoms with E-state index in [0.29, 0.717) is 16.5 Å². The maximum atomic E-state index is 13.7. The molecule has 7 nitrogen and oxygen atoms in total. The number of amides is 1. The zero-order valence-corrected chi connectivity index (χ0v) is 15.7. The number of benzene rings is 1. The van der Waals surface area contributed by atoms with Crippen LogP contribution in [-0.4, -0.2) is 34.7 Å². The summed E-state index contributed by atoms with van der Waals surface area (Å²) in [5, 5.41) is 13.1. The third-order valence-corrected chi connectivity index (χ3v) is 4.82. The van der Waals surface area contributed by atoms with Crippen molar-refractivity contribution in [3.8, 4) is 11.6 Å². The molecule has 4 rings (SSSR count). The highest BCUT2D eigenvalue weighted by molar-refractivity contribution is 5.88. The van der Waals surface area contributed by atoms with E-state index >= 15 is 0 Å². The Morgan fingerprint density at radius 3 is 2.66 bits per heavy atom. The molecule has 1 amide bonds. The fourth-order valence-electron chi connectivity index (χ4n) is 3.13. The van der Waals surface area contributed by atoms with Crippen LogP contribution in [0, 0.1) is 6.92 Å². The number of halogens is 3. The Morgan fingerprint density at radius 2 is 2.00 bits per heavy atom. The summed E-state index contributed by atoms with van der Waals surface area (Å²) in [6.07, 6.45) is -2.72. The quantitative estimate of drug-likeness (QED) is 0.673. The van der Waals surface area contributed by atoms with Crippen LogP contribution in [0.25, 0.3) is 22.5 Å². The summed E-state index contributed by atoms with van der Waals surface area (Å²) >= 11 is 0. The van der Waals surface area contributed by atoms with E-state index in [-0.39, 0.29) is 41.5 Å². The molecule has 0 radical (unpaired) electrons. The normalized spacial score (nSPS) is 14.2. The second-order valence-corrected chi connectivity index (χ2v) is 7.00. The molecule has 0 unspecified atom stereocenters. The minimum absolute atomic E-state index is 0.0247. The number of nitrogens with one attached hydrogen (secondary N) is 2. The molecule has 10 heteroatoms. The van der Waals surface area contributed by atoms with E-state index in [2.05, 4.69) is 25.8 Å². The minimum Gasteiger partial charge on any atom is -0.402 e. The van der Waals surface area contributed by atoms with Crippen molar-refractivity contribution in [2.24, 2.45) is 0 Å². The van der Waals surface area contributed by atoms with Crippen molar-refractivity contribution >= 4 is 22.8 Å². The number of hydrogen-bond donors (Lipinski definition) is 2. The number of likely N-dealkylation sites (N-methyl/N-ethyl adjacent to an activating group) is 1. The van der Waals surface area contributed by atoms with E-state index in [1.165, 1.54) is 13.1 Å². The molecule has 2 heterocycles. The van der Waals surface area contributed by atoms with E-state index in [4.69, 9.17) is 4.42 Å². The molecule has 3 aromatic rings. The summed E-state index contributed by atoms with van der Waals surface area (Å²) in [6, 6.07) is 4.58. The Kier molecular flexibility index (Phi) is 4.64. The summed E-state index contributed by atoms with van der Waals surface area (Å²) in [5.74, 6) is -0.135. The monoisotopic (exact) mass is 405 g/mol. The van der Waals surface area contributed by atoms with Crippen molar-refractivity contribution < 1.29 is 22.4 Å². The lowest BCUT2D eigenvalue weighted by molar-refractivity contribution is -0.136. The molecule has 1 aromatic carbocycles. The summed E-state index contributed by atoms with van der Waals surface area (Å²) < 4.78 is 46.6. The van der Waals surface area contributed by atoms with Crippen molar-refractivity contribution in [1.29, 1.82) is 0 Å². The standard InChI is InChI=1S/C19H18F3N5O2/c1-9-5-14(17-26-27-18(29-17)24-8-15(28)23-2)25-16-12(9)6-11(10-3-4-10)7-13(16)19(20,21)22/h5-7,10H,3-4,8H2,1-2H3,(H,23,28)(H,24,27). The Balaban J connectivity index is 1.76. The second-order valence-electron chi connectivity index (χ2n) is 7.00. The van der Waals surface area contributed by atoms with E-state index < -0.39 is 11.7 Å². The molecular weight excluding hydrogens is 387 g/mol. The molecule has 1 aliphatic rings. The fraction of sp³-hybridized carbons (Fsp3) is 0.368. The number of hydrogen-bond acceptors (Lipinski definition) is 6. The largest absolute Gasteiger partial charge is 0.418 e. The first kappa shape index (κ1) is 19.2. The number of fused-ring (bicyclic) bond motifs is 1. The summed E-state index contributed by atoms with van der Waals surface area (Å²) in [4.78, 5) is 15.5. The first-order valence-corrected chi connectivity index (χ1v) is 9.07. The van der Waals surface area contributed by atoms with Crippen molar-refractivity contribution in [3.63, 3.8) is 0 Å². The van der Waals surface area contributed by atoms with Crippen LogP contribution in [0.2, 0.25) is 0 Å². The number of rotatable bonds is 5. The third kappa shape index (κ3) is 3.87. The highest BCUT2D eigenvalue weighted by atomic mass is 19.4. The lowest BCUT2D eigenvalue weighted by Crippen LogP contribution is -2.26. The van der Waals surface area contributed by atoms with Gasteiger partial charge in [0.25, 0.3) is 5.89 Å². The summed E-state index contributed by atoms with van der Waals surface area (Å²) in [7, 11) is 1.48. The topological polar surface area (TPSA) is 92.9 Å². The van der Waals surface area contributed by atoms with Crippen LogP contribution < -0.4 is 10.6 Å². The van der Waals surface area contributed by atoms with Crippen LogP contribution >= 0.6 is 0 Å². The van der Waals surface area contributed by atoms with Crippen LogP contribution in [0.4, 0.5) is 19.2 Å². The number of nitrogens with zero attached hydrogens (tertiary/aromatic N) is 3. The molecule has 1 fully saturated rings. The van der Waals surface area contributed by atoms with Crippen molar-refractivity contribution in [1.82, 2.24) is 20.5 Å². The summed E-state index contributed by atoms with van der Waals surface area (Å²) in [6.45, 7) is 1.65. The lowest BCUT2D eigenvalue weighted by Gasteiger charge is -2.14. The highest BCUT2D eigenvalue weighted by Crippen LogP contribution is 2.45. The number of aromatic nitrogens is 3. The second kappa shape index (κ2) is 7.02. The zero-order chi connectivity index (χ0) is 20.8. The number of alkyl halides is 3. The van der Waals surface area contributed by atoms with Gasteiger partial charge in [-0.05, 0) is 55.0 Å². The Bertz CT molecular complexity index is 1090. The van der Waals surface area contributed by atoms with Gasteiger partial charge in [0.1, 0.15) is 5.69 Å². The number of pyridine rings is 1. The van der Waals surface area contributed by atoms with Gasteiger partial charge in [0.05, 0.1) is 17.6 Å². The smallest absolute Gasteiger partial charge is 0.402 e. The van der Waals surface area contributed by atoms with Gasteiger partial charge in [0.2, 0.25) is 5.91 Å². The van der Waals surface area contributed by atoms with Gasteiger partial charge in [0, 0.05) is 12.4 Å². The molecule has 2 aromatic heterocycles. The third-order valence-electron chi connectivity index (χ3n) is 4.82. The minimum atomic E-state index is -4.53. The van der Waals surface area contributed by atoms with Gasteiger partial charge >= 0.3 is 12.2 Å². The number of carbonyl (C=O) groups excluding carboxylic acids is 1. The van der Waals surface area contributed by atoms with E-state index in [0.717, 1.165) is 12.8 Å². The van der Waals surface area contributed by atoms with Crippen LogP contribution in [-0.2, 0) is 11.0 Å². The van der Waals surface area contributed by atoms with Gasteiger partial charge in [-0.1, -0.05) is 5.10 Å². The zero-order valence-electron chi connectivity index (χ0n) is 15.7. The Morgan fingerprint density at radius 1 is 1.24 bits per heavy atom. The van der Waals surface area contributed by atoms with E-state index in [1.807, 2.05) is 0 Å². The molecular formula is C19H18F3N5O2. The molecule has 2 N–H and O–H groups in total. The maximum Gasteiger partial charge on any atom is 0.418 e. The molecule has 0 bridgehead atoms. The van der Waals surface area contributed by atoms with Gasteiger partial charge in [-0.2, -0.15) is 13.2 Å². The van der Waals surface area contributed by atoms with Gasteiger partial charge in [-0.15, -0.1) is 5.10 Å². The summed E-state index contributed by atoms with van der Waals surface area (Å²) in [5.41, 5.74) is 0.562.